The Morgan fingerprint density at radius 3 is 0.798 bits per heavy atom. The van der Waals surface area contributed by atoms with Gasteiger partial charge >= 0.3 is 0 Å². The molecule has 2 heteroatoms. The summed E-state index contributed by atoms with van der Waals surface area (Å²) in [4.78, 5) is 4.85. The number of fused-ring (bicyclic) bond motifs is 12. The van der Waals surface area contributed by atoms with Gasteiger partial charge in [0.2, 0.25) is 0 Å². The zero-order valence-corrected chi connectivity index (χ0v) is 46.1. The summed E-state index contributed by atoms with van der Waals surface area (Å²) >= 11 is 0. The normalized spacial score (nSPS) is 13.4. The molecule has 2 nitrogen and oxygen atoms in total. The minimum Gasteiger partial charge on any atom is -0.310 e. The molecule has 0 aliphatic heterocycles. The van der Waals surface area contributed by atoms with Crippen LogP contribution in [-0.2, 0) is 10.8 Å². The molecule has 14 aromatic rings. The second-order valence-corrected chi connectivity index (χ2v) is 22.7. The summed E-state index contributed by atoms with van der Waals surface area (Å²) in [6, 6.07) is 122. The zero-order valence-electron chi connectivity index (χ0n) is 46.1. The van der Waals surface area contributed by atoms with Crippen LogP contribution in [0.4, 0.5) is 34.1 Å². The van der Waals surface area contributed by atoms with E-state index in [0.29, 0.717) is 0 Å². The van der Waals surface area contributed by atoms with Crippen molar-refractivity contribution >= 4 is 55.7 Å². The second kappa shape index (κ2) is 18.9. The molecule has 0 saturated carbocycles. The van der Waals surface area contributed by atoms with Gasteiger partial charge in [0.25, 0.3) is 0 Å². The molecule has 0 heterocycles. The van der Waals surface area contributed by atoms with Crippen molar-refractivity contribution in [1.82, 2.24) is 0 Å². The maximum atomic E-state index is 2.43. The first-order valence-electron chi connectivity index (χ1n) is 29.2. The van der Waals surface area contributed by atoms with E-state index in [2.05, 4.69) is 337 Å². The van der Waals surface area contributed by atoms with Crippen molar-refractivity contribution in [2.75, 3.05) is 9.80 Å². The summed E-state index contributed by atoms with van der Waals surface area (Å²) in [6.07, 6.45) is 0. The number of para-hydroxylation sites is 2. The van der Waals surface area contributed by atoms with E-state index in [0.717, 1.165) is 34.1 Å². The molecule has 3 aliphatic rings. The summed E-state index contributed by atoms with van der Waals surface area (Å²) in [7, 11) is 0. The summed E-state index contributed by atoms with van der Waals surface area (Å²) in [5.74, 6) is 0. The van der Waals surface area contributed by atoms with Crippen molar-refractivity contribution in [2.45, 2.75) is 10.8 Å². The Kier molecular flexibility index (Phi) is 10.8. The lowest BCUT2D eigenvalue weighted by Crippen LogP contribution is -2.28. The number of anilines is 6. The van der Waals surface area contributed by atoms with Crippen LogP contribution in [0.25, 0.3) is 66.1 Å². The minimum atomic E-state index is -0.462. The predicted octanol–water partition coefficient (Wildman–Crippen LogP) is 21.3. The third-order valence-electron chi connectivity index (χ3n) is 18.4. The summed E-state index contributed by atoms with van der Waals surface area (Å²) in [5, 5.41) is 4.88. The topological polar surface area (TPSA) is 6.48 Å². The third-order valence-corrected chi connectivity index (χ3v) is 18.4. The van der Waals surface area contributed by atoms with E-state index < -0.39 is 10.8 Å². The van der Waals surface area contributed by atoms with Gasteiger partial charge in [-0.3, -0.25) is 0 Å². The van der Waals surface area contributed by atoms with Crippen LogP contribution in [0.2, 0.25) is 0 Å². The fourth-order valence-corrected chi connectivity index (χ4v) is 14.9. The van der Waals surface area contributed by atoms with Gasteiger partial charge in [-0.25, -0.2) is 0 Å². The van der Waals surface area contributed by atoms with Crippen LogP contribution < -0.4 is 9.80 Å². The van der Waals surface area contributed by atoms with E-state index in [4.69, 9.17) is 0 Å². The Bertz CT molecular complexity index is 4490. The molecule has 0 atom stereocenters. The van der Waals surface area contributed by atoms with Crippen molar-refractivity contribution in [2.24, 2.45) is 0 Å². The molecule has 14 aromatic carbocycles. The van der Waals surface area contributed by atoms with E-state index in [1.54, 1.807) is 0 Å². The Balaban J connectivity index is 0.761. The molecule has 84 heavy (non-hydrogen) atoms. The molecule has 392 valence electrons. The highest BCUT2D eigenvalue weighted by Crippen LogP contribution is 2.60. The van der Waals surface area contributed by atoms with Crippen LogP contribution in [0.1, 0.15) is 44.5 Å². The van der Waals surface area contributed by atoms with Crippen molar-refractivity contribution in [3.8, 4) is 44.5 Å². The molecule has 3 aliphatic carbocycles. The lowest BCUT2D eigenvalue weighted by atomic mass is 9.68. The molecule has 0 fully saturated rings. The molecular formula is C82H54N2. The van der Waals surface area contributed by atoms with Gasteiger partial charge in [0.1, 0.15) is 0 Å². The van der Waals surface area contributed by atoms with Gasteiger partial charge in [-0.2, -0.15) is 0 Å². The largest absolute Gasteiger partial charge is 0.310 e. The maximum absolute atomic E-state index is 2.43. The van der Waals surface area contributed by atoms with Crippen LogP contribution in [0, 0.1) is 0 Å². The van der Waals surface area contributed by atoms with Crippen molar-refractivity contribution in [1.29, 1.82) is 0 Å². The number of nitrogens with zero attached hydrogens (tertiary/aromatic N) is 2. The summed E-state index contributed by atoms with van der Waals surface area (Å²) < 4.78 is 0. The fraction of sp³-hybridized carbons (Fsp3) is 0.0244. The fourth-order valence-electron chi connectivity index (χ4n) is 14.9. The first kappa shape index (κ1) is 48.0. The molecule has 0 spiro atoms. The Hall–Kier alpha value is -10.8. The maximum Gasteiger partial charge on any atom is 0.0713 e. The lowest BCUT2D eigenvalue weighted by Gasteiger charge is -2.34. The third kappa shape index (κ3) is 7.04. The van der Waals surface area contributed by atoms with Crippen molar-refractivity contribution in [3.05, 3.63) is 372 Å². The Labute approximate surface area is 490 Å². The number of benzene rings is 14. The average Bonchev–Trinajstić information content (AvgIpc) is 1.74. The monoisotopic (exact) mass is 1070 g/mol. The van der Waals surface area contributed by atoms with Gasteiger partial charge in [0.15, 0.2) is 0 Å². The quantitative estimate of drug-likeness (QED) is 0.135. The highest BCUT2D eigenvalue weighted by Gasteiger charge is 2.48. The number of rotatable bonds is 10. The molecule has 0 unspecified atom stereocenters. The second-order valence-electron chi connectivity index (χ2n) is 22.7. The Morgan fingerprint density at radius 1 is 0.167 bits per heavy atom. The first-order valence-corrected chi connectivity index (χ1v) is 29.2. The van der Waals surface area contributed by atoms with Gasteiger partial charge in [-0.15, -0.1) is 0 Å². The molecule has 0 radical (unpaired) electrons. The van der Waals surface area contributed by atoms with Crippen molar-refractivity contribution < 1.29 is 0 Å². The highest BCUT2D eigenvalue weighted by molar-refractivity contribution is 6.13. The SMILES string of the molecule is c1ccc(N(c2ccc3c(c2)-c2ccccc2C3(c2ccccc2)c2ccccc2)c2ccc3cc4c(cc3c2)-c2cc3cc(N(c5ccccc5)c5ccc6c(c5)-c5ccccc5C6(c5ccccc5)c5ccccc5)ccc3cc2-4)cc1. The summed E-state index contributed by atoms with van der Waals surface area (Å²) in [5.41, 5.74) is 26.3. The van der Waals surface area contributed by atoms with Gasteiger partial charge < -0.3 is 9.80 Å². The molecule has 17 rings (SSSR count). The highest BCUT2D eigenvalue weighted by atomic mass is 15.1. The van der Waals surface area contributed by atoms with E-state index in [1.807, 2.05) is 0 Å². The summed E-state index contributed by atoms with van der Waals surface area (Å²) in [6.45, 7) is 0. The van der Waals surface area contributed by atoms with E-state index in [9.17, 15) is 0 Å². The van der Waals surface area contributed by atoms with E-state index >= 15 is 0 Å². The molecular weight excluding hydrogens is 1010 g/mol. The van der Waals surface area contributed by atoms with Crippen LogP contribution in [0.3, 0.4) is 0 Å². The number of hydrogen-bond acceptors (Lipinski definition) is 2. The smallest absolute Gasteiger partial charge is 0.0713 e. The molecule has 0 N–H and O–H groups in total. The molecule has 0 amide bonds. The molecule has 0 aromatic heterocycles. The number of hydrogen-bond donors (Lipinski definition) is 0. The van der Waals surface area contributed by atoms with Crippen molar-refractivity contribution in [3.63, 3.8) is 0 Å². The van der Waals surface area contributed by atoms with Crippen LogP contribution >= 0.6 is 0 Å². The van der Waals surface area contributed by atoms with E-state index in [-0.39, 0.29) is 0 Å². The first-order chi connectivity index (χ1) is 41.6. The lowest BCUT2D eigenvalue weighted by molar-refractivity contribution is 0.768. The van der Waals surface area contributed by atoms with E-state index in [1.165, 1.54) is 111 Å². The van der Waals surface area contributed by atoms with Crippen LogP contribution in [0.15, 0.2) is 328 Å². The van der Waals surface area contributed by atoms with Crippen LogP contribution in [0.5, 0.6) is 0 Å². The minimum absolute atomic E-state index is 0.462. The Morgan fingerprint density at radius 2 is 0.440 bits per heavy atom. The zero-order chi connectivity index (χ0) is 55.3. The molecule has 0 bridgehead atoms. The van der Waals surface area contributed by atoms with Gasteiger partial charge in [0.05, 0.1) is 10.8 Å². The van der Waals surface area contributed by atoms with Gasteiger partial charge in [0, 0.05) is 34.1 Å². The van der Waals surface area contributed by atoms with Gasteiger partial charge in [-0.05, 0) is 208 Å². The molecule has 0 saturated heterocycles. The average molecular weight is 1070 g/mol. The predicted molar refractivity (Wildman–Crippen MR) is 350 cm³/mol. The van der Waals surface area contributed by atoms with Crippen LogP contribution in [-0.4, -0.2) is 0 Å². The standard InChI is InChI=1S/C82H54N2/c1-7-23-59(24-8-1)81(60-25-9-2-10-26-60)77-37-21-19-35-69(77)75-53-67(43-45-79(75)81)83(63-31-15-5-16-32-63)65-41-39-55-49-71-72-50-56-40-42-66(48-58(56)52-74(72)73(71)51-57(55)47-65)84(64-33-17-6-18-34-64)68-44-46-80-76(54-68)70-36-20-22-38-78(70)82(80,61-27-11-3-12-28-61)62-29-13-4-14-30-62/h1-54H. The van der Waals surface area contributed by atoms with Gasteiger partial charge in [-0.1, -0.05) is 231 Å².